The molecule has 0 atom stereocenters. The fourth-order valence-corrected chi connectivity index (χ4v) is 2.12. The third kappa shape index (κ3) is 2.69. The van der Waals surface area contributed by atoms with Crippen molar-refractivity contribution in [2.75, 3.05) is 11.9 Å². The topological polar surface area (TPSA) is 49.0 Å². The van der Waals surface area contributed by atoms with Crippen molar-refractivity contribution in [1.29, 1.82) is 0 Å². The van der Waals surface area contributed by atoms with Crippen molar-refractivity contribution in [3.8, 4) is 11.4 Å². The van der Waals surface area contributed by atoms with Gasteiger partial charge in [-0.15, -0.1) is 0 Å². The summed E-state index contributed by atoms with van der Waals surface area (Å²) in [7, 11) is 1.75. The lowest BCUT2D eigenvalue weighted by molar-refractivity contribution is 0.0989. The minimum Gasteiger partial charge on any atom is -0.334 e. The minimum atomic E-state index is -0.115. The van der Waals surface area contributed by atoms with Crippen LogP contribution in [0.2, 0.25) is 0 Å². The van der Waals surface area contributed by atoms with Gasteiger partial charge >= 0.3 is 0 Å². The van der Waals surface area contributed by atoms with Crippen LogP contribution in [0.3, 0.4) is 0 Å². The highest BCUT2D eigenvalue weighted by Crippen LogP contribution is 2.17. The summed E-state index contributed by atoms with van der Waals surface area (Å²) in [5.41, 5.74) is 2.28. The summed E-state index contributed by atoms with van der Waals surface area (Å²) in [6.07, 6.45) is 1.57. The van der Waals surface area contributed by atoms with Crippen molar-refractivity contribution < 1.29 is 4.79 Å². The first-order valence-corrected chi connectivity index (χ1v) is 6.69. The molecular weight excluding hydrogens is 262 g/mol. The molecule has 3 rings (SSSR count). The van der Waals surface area contributed by atoms with Crippen LogP contribution in [0.1, 0.15) is 10.5 Å². The molecule has 0 radical (unpaired) electrons. The van der Waals surface area contributed by atoms with Gasteiger partial charge in [0.15, 0.2) is 0 Å². The fraction of sp³-hybridized carbons (Fsp3) is 0.0588. The molecule has 104 valence electrons. The number of anilines is 1. The van der Waals surface area contributed by atoms with Crippen LogP contribution in [0.4, 0.5) is 5.69 Å². The lowest BCUT2D eigenvalue weighted by atomic mass is 10.2. The molecule has 2 aromatic carbocycles. The number of carbonyl (C=O) groups excluding carboxylic acids is 1. The quantitative estimate of drug-likeness (QED) is 0.798. The van der Waals surface area contributed by atoms with Crippen LogP contribution < -0.4 is 4.90 Å². The Morgan fingerprint density at radius 1 is 1.00 bits per heavy atom. The summed E-state index contributed by atoms with van der Waals surface area (Å²) >= 11 is 0. The molecule has 3 aromatic rings. The van der Waals surface area contributed by atoms with Crippen LogP contribution in [-0.4, -0.2) is 22.9 Å². The first-order chi connectivity index (χ1) is 10.3. The zero-order valence-electron chi connectivity index (χ0n) is 11.7. The molecule has 1 aromatic heterocycles. The molecule has 4 nitrogen and oxygen atoms in total. The van der Waals surface area contributed by atoms with Crippen LogP contribution >= 0.6 is 0 Å². The molecule has 0 saturated carbocycles. The van der Waals surface area contributed by atoms with E-state index >= 15 is 0 Å². The van der Waals surface area contributed by atoms with E-state index in [9.17, 15) is 4.79 Å². The van der Waals surface area contributed by atoms with E-state index in [0.717, 1.165) is 11.3 Å². The second-order valence-corrected chi connectivity index (χ2v) is 4.71. The van der Waals surface area contributed by atoms with Crippen molar-refractivity contribution >= 4 is 11.6 Å². The number of benzene rings is 2. The van der Waals surface area contributed by atoms with Gasteiger partial charge in [-0.2, -0.15) is 0 Å². The number of hydrogen-bond donors (Lipinski definition) is 1. The molecule has 1 amide bonds. The molecular formula is C17H15N3O. The van der Waals surface area contributed by atoms with Crippen molar-refractivity contribution in [3.63, 3.8) is 0 Å². The summed E-state index contributed by atoms with van der Waals surface area (Å²) in [6, 6.07) is 19.3. The molecule has 0 aliphatic heterocycles. The molecule has 0 aliphatic rings. The van der Waals surface area contributed by atoms with E-state index in [-0.39, 0.29) is 5.91 Å². The Bertz CT molecular complexity index is 735. The normalized spacial score (nSPS) is 10.3. The standard InChI is InChI=1S/C17H15N3O/c1-20(14-10-6-3-7-11-14)17(21)15-12-18-16(19-15)13-8-4-2-5-9-13/h2-12H,1H3,(H,18,19). The van der Waals surface area contributed by atoms with Crippen molar-refractivity contribution in [1.82, 2.24) is 9.97 Å². The van der Waals surface area contributed by atoms with Crippen LogP contribution in [-0.2, 0) is 0 Å². The van der Waals surface area contributed by atoms with Gasteiger partial charge in [0, 0.05) is 18.3 Å². The molecule has 0 fully saturated rings. The summed E-state index contributed by atoms with van der Waals surface area (Å²) < 4.78 is 0. The largest absolute Gasteiger partial charge is 0.334 e. The highest BCUT2D eigenvalue weighted by Gasteiger charge is 2.16. The summed E-state index contributed by atoms with van der Waals surface area (Å²) in [5, 5.41) is 0. The second kappa shape index (κ2) is 5.63. The van der Waals surface area contributed by atoms with Gasteiger partial charge < -0.3 is 9.88 Å². The number of carbonyl (C=O) groups is 1. The number of imidazole rings is 1. The van der Waals surface area contributed by atoms with Gasteiger partial charge in [-0.3, -0.25) is 4.79 Å². The van der Waals surface area contributed by atoms with Crippen LogP contribution in [0.5, 0.6) is 0 Å². The maximum atomic E-state index is 12.4. The molecule has 0 saturated heterocycles. The van der Waals surface area contributed by atoms with Crippen molar-refractivity contribution in [3.05, 3.63) is 72.6 Å². The monoisotopic (exact) mass is 277 g/mol. The molecule has 0 spiro atoms. The Morgan fingerprint density at radius 2 is 1.62 bits per heavy atom. The van der Waals surface area contributed by atoms with Gasteiger partial charge in [0.25, 0.3) is 5.91 Å². The lowest BCUT2D eigenvalue weighted by Gasteiger charge is -2.15. The van der Waals surface area contributed by atoms with Gasteiger partial charge in [0.2, 0.25) is 0 Å². The highest BCUT2D eigenvalue weighted by molar-refractivity contribution is 6.04. The van der Waals surface area contributed by atoms with E-state index in [1.165, 1.54) is 0 Å². The van der Waals surface area contributed by atoms with E-state index in [4.69, 9.17) is 0 Å². The molecule has 1 heterocycles. The van der Waals surface area contributed by atoms with Crippen molar-refractivity contribution in [2.24, 2.45) is 0 Å². The zero-order chi connectivity index (χ0) is 14.7. The molecule has 0 unspecified atom stereocenters. The number of H-pyrrole nitrogens is 1. The SMILES string of the molecule is CN(C(=O)c1cnc(-c2ccccc2)[nH]1)c1ccccc1. The summed E-state index contributed by atoms with van der Waals surface area (Å²) in [4.78, 5) is 21.4. The first kappa shape index (κ1) is 13.1. The Morgan fingerprint density at radius 3 is 2.29 bits per heavy atom. The third-order valence-electron chi connectivity index (χ3n) is 3.30. The average molecular weight is 277 g/mol. The van der Waals surface area contributed by atoms with Crippen LogP contribution in [0.25, 0.3) is 11.4 Å². The predicted octanol–water partition coefficient (Wildman–Crippen LogP) is 3.35. The molecule has 4 heteroatoms. The highest BCUT2D eigenvalue weighted by atomic mass is 16.2. The number of amides is 1. The molecule has 21 heavy (non-hydrogen) atoms. The molecule has 1 N–H and O–H groups in total. The smallest absolute Gasteiger partial charge is 0.276 e. The Hall–Kier alpha value is -2.88. The first-order valence-electron chi connectivity index (χ1n) is 6.69. The third-order valence-corrected chi connectivity index (χ3v) is 3.30. The molecule has 0 bridgehead atoms. The second-order valence-electron chi connectivity index (χ2n) is 4.71. The van der Waals surface area contributed by atoms with Gasteiger partial charge in [-0.05, 0) is 12.1 Å². The zero-order valence-corrected chi connectivity index (χ0v) is 11.7. The average Bonchev–Trinajstić information content (AvgIpc) is 3.05. The molecule has 0 aliphatic carbocycles. The number of nitrogens with zero attached hydrogens (tertiary/aromatic N) is 2. The van der Waals surface area contributed by atoms with Crippen molar-refractivity contribution in [2.45, 2.75) is 0 Å². The van der Waals surface area contributed by atoms with Gasteiger partial charge in [-0.25, -0.2) is 4.98 Å². The van der Waals surface area contributed by atoms with E-state index < -0.39 is 0 Å². The summed E-state index contributed by atoms with van der Waals surface area (Å²) in [5.74, 6) is 0.580. The minimum absolute atomic E-state index is 0.115. The Labute approximate surface area is 123 Å². The number of aromatic amines is 1. The number of nitrogens with one attached hydrogen (secondary N) is 1. The van der Waals surface area contributed by atoms with Crippen LogP contribution in [0.15, 0.2) is 66.9 Å². The lowest BCUT2D eigenvalue weighted by Crippen LogP contribution is -2.26. The maximum Gasteiger partial charge on any atom is 0.276 e. The van der Waals surface area contributed by atoms with E-state index in [1.54, 1.807) is 18.1 Å². The van der Waals surface area contributed by atoms with E-state index in [2.05, 4.69) is 9.97 Å². The number of aromatic nitrogens is 2. The number of para-hydroxylation sites is 1. The summed E-state index contributed by atoms with van der Waals surface area (Å²) in [6.45, 7) is 0. The Kier molecular flexibility index (Phi) is 3.51. The van der Waals surface area contributed by atoms with E-state index in [1.807, 2.05) is 60.7 Å². The van der Waals surface area contributed by atoms with Gasteiger partial charge in [-0.1, -0.05) is 48.5 Å². The number of hydrogen-bond acceptors (Lipinski definition) is 2. The van der Waals surface area contributed by atoms with Gasteiger partial charge in [0.1, 0.15) is 11.5 Å². The predicted molar refractivity (Wildman–Crippen MR) is 83.2 cm³/mol. The fourth-order valence-electron chi connectivity index (χ4n) is 2.12. The number of rotatable bonds is 3. The maximum absolute atomic E-state index is 12.4. The van der Waals surface area contributed by atoms with Crippen LogP contribution in [0, 0.1) is 0 Å². The Balaban J connectivity index is 1.85. The van der Waals surface area contributed by atoms with E-state index in [0.29, 0.717) is 11.5 Å². The van der Waals surface area contributed by atoms with Gasteiger partial charge in [0.05, 0.1) is 6.20 Å².